The van der Waals surface area contributed by atoms with Gasteiger partial charge in [0.15, 0.2) is 5.96 Å². The molecule has 0 spiro atoms. The Morgan fingerprint density at radius 2 is 1.11 bits per heavy atom. The molecule has 1 fully saturated rings. The molecule has 0 unspecified atom stereocenters. The molecule has 28 heteroatoms. The topological polar surface area (TPSA) is 421 Å². The van der Waals surface area contributed by atoms with E-state index in [1.165, 1.54) is 13.8 Å². The number of amides is 9. The van der Waals surface area contributed by atoms with Crippen molar-refractivity contribution < 1.29 is 68.1 Å². The largest absolute Gasteiger partial charge is 0.481 e. The van der Waals surface area contributed by atoms with Crippen LogP contribution in [0.15, 0.2) is 4.99 Å². The first-order valence-electron chi connectivity index (χ1n) is 19.5. The maximum Gasteiger partial charge on any atom is 0.305 e. The highest BCUT2D eigenvalue weighted by Crippen LogP contribution is 2.09. The molecule has 0 aromatic carbocycles. The fourth-order valence-electron chi connectivity index (χ4n) is 5.53. The highest BCUT2D eigenvalue weighted by Gasteiger charge is 2.36. The Kier molecular flexibility index (Phi) is 23.8. The summed E-state index contributed by atoms with van der Waals surface area (Å²) in [6.07, 6.45) is -3.94. The average molecular weight is 935 g/mol. The van der Waals surface area contributed by atoms with Crippen LogP contribution in [0.2, 0.25) is 0 Å². The third-order valence-corrected chi connectivity index (χ3v) is 9.73. The van der Waals surface area contributed by atoms with Crippen LogP contribution in [0, 0.1) is 5.92 Å². The maximum atomic E-state index is 13.8. The number of carboxylic acid groups (broad SMARTS) is 2. The van der Waals surface area contributed by atoms with Gasteiger partial charge in [-0.25, -0.2) is 0 Å². The van der Waals surface area contributed by atoms with Crippen LogP contribution < -0.4 is 59.3 Å². The summed E-state index contributed by atoms with van der Waals surface area (Å²) < 4.78 is 0. The summed E-state index contributed by atoms with van der Waals surface area (Å²) in [6.45, 7) is 4.41. The first-order valence-corrected chi connectivity index (χ1v) is 20.8. The van der Waals surface area contributed by atoms with Crippen molar-refractivity contribution in [2.24, 2.45) is 22.4 Å². The number of hydrogen-bond donors (Lipinski definition) is 16. The summed E-state index contributed by atoms with van der Waals surface area (Å²) in [5.41, 5.74) is 10.8. The molecule has 1 rings (SSSR count). The van der Waals surface area contributed by atoms with E-state index >= 15 is 0 Å². The molecule has 0 aromatic heterocycles. The molecule has 1 saturated heterocycles. The van der Waals surface area contributed by atoms with E-state index < -0.39 is 151 Å². The number of aliphatic hydroxyl groups excluding tert-OH is 1. The van der Waals surface area contributed by atoms with Gasteiger partial charge in [-0.05, 0) is 39.0 Å². The van der Waals surface area contributed by atoms with Crippen molar-refractivity contribution in [1.82, 2.24) is 47.9 Å². The van der Waals surface area contributed by atoms with E-state index in [2.05, 4.69) is 78.1 Å². The van der Waals surface area contributed by atoms with Crippen LogP contribution in [-0.2, 0) is 52.7 Å². The summed E-state index contributed by atoms with van der Waals surface area (Å²) >= 11 is 8.22. The van der Waals surface area contributed by atoms with Gasteiger partial charge in [0, 0.05) is 24.5 Å². The quantitative estimate of drug-likeness (QED) is 0.0353. The smallest absolute Gasteiger partial charge is 0.305 e. The second-order valence-electron chi connectivity index (χ2n) is 14.6. The summed E-state index contributed by atoms with van der Waals surface area (Å²) in [5, 5.41) is 49.9. The number of hydrogen-bond acceptors (Lipinski definition) is 15. The van der Waals surface area contributed by atoms with Gasteiger partial charge in [-0.15, -0.1) is 0 Å². The van der Waals surface area contributed by atoms with Gasteiger partial charge in [-0.3, -0.25) is 57.7 Å². The number of carboxylic acids is 2. The van der Waals surface area contributed by atoms with Crippen LogP contribution in [-0.4, -0.2) is 165 Å². The number of aliphatic carboxylic acids is 2. The zero-order chi connectivity index (χ0) is 48.1. The zero-order valence-electron chi connectivity index (χ0n) is 35.0. The second-order valence-corrected chi connectivity index (χ2v) is 15.3. The third kappa shape index (κ3) is 19.8. The van der Waals surface area contributed by atoms with Crippen LogP contribution in [0.25, 0.3) is 0 Å². The standard InChI is InChI=1S/C35H58N12O14S2/c1-14(2)25-34(61)44-19(10-24(52)53)30(57)40-15(3)27(54)42-18(7-8-23(50)51)29(56)47-26(16(4)48)33(60)39-11-22(49)41-20(12-62)31(58)45-21(13-63)32(59)43-17(28(55)46-25)6-5-9-38-35(36)37/h14-21,25-26,48,62-63H,5-13H2,1-4H3,(H,39,60)(H,40,57)(H,41,49)(H,42,54)(H,43,59)(H,44,61)(H,45,58)(H,46,55)(H,47,56)(H,50,51)(H,52,53)(H4,36,37,38)/t15-,16+,17-,18-,19-,20-,21-,25-,26-/m0/s1. The molecular formula is C35H58N12O14S2. The summed E-state index contributed by atoms with van der Waals surface area (Å²) in [7, 11) is 0. The van der Waals surface area contributed by atoms with Crippen LogP contribution in [0.3, 0.4) is 0 Å². The minimum Gasteiger partial charge on any atom is -0.481 e. The predicted octanol–water partition coefficient (Wildman–Crippen LogP) is -6.70. The molecule has 1 aliphatic heterocycles. The lowest BCUT2D eigenvalue weighted by atomic mass is 10.0. The summed E-state index contributed by atoms with van der Waals surface area (Å²) in [4.78, 5) is 147. The highest BCUT2D eigenvalue weighted by atomic mass is 32.1. The lowest BCUT2D eigenvalue weighted by Crippen LogP contribution is -2.61. The summed E-state index contributed by atoms with van der Waals surface area (Å²) in [5.74, 6) is -14.1. The van der Waals surface area contributed by atoms with E-state index in [0.717, 1.165) is 13.8 Å². The average Bonchev–Trinajstić information content (AvgIpc) is 3.19. The number of guanidine groups is 1. The molecule has 354 valence electrons. The molecule has 1 aliphatic rings. The minimum absolute atomic E-state index is 0.00447. The van der Waals surface area contributed by atoms with Crippen LogP contribution >= 0.6 is 25.3 Å². The van der Waals surface area contributed by atoms with Crippen molar-refractivity contribution in [3.63, 3.8) is 0 Å². The highest BCUT2D eigenvalue weighted by molar-refractivity contribution is 7.80. The molecule has 9 atom stereocenters. The van der Waals surface area contributed by atoms with E-state index in [1.807, 2.05) is 0 Å². The Morgan fingerprint density at radius 3 is 1.62 bits per heavy atom. The molecule has 0 aromatic rings. The Hall–Kier alpha value is -5.90. The van der Waals surface area contributed by atoms with Gasteiger partial charge in [-0.1, -0.05) is 13.8 Å². The summed E-state index contributed by atoms with van der Waals surface area (Å²) in [6, 6.07) is -12.7. The van der Waals surface area contributed by atoms with Crippen molar-refractivity contribution >= 4 is 96.3 Å². The van der Waals surface area contributed by atoms with Crippen molar-refractivity contribution in [3.8, 4) is 0 Å². The lowest BCUT2D eigenvalue weighted by Gasteiger charge is -2.28. The van der Waals surface area contributed by atoms with Gasteiger partial charge in [0.25, 0.3) is 0 Å². The number of thiol groups is 2. The number of rotatable bonds is 13. The Bertz CT molecular complexity index is 1730. The molecule has 0 saturated carbocycles. The fourth-order valence-corrected chi connectivity index (χ4v) is 6.05. The maximum absolute atomic E-state index is 13.8. The molecule has 0 bridgehead atoms. The normalized spacial score (nSPS) is 26.1. The van der Waals surface area contributed by atoms with Gasteiger partial charge >= 0.3 is 11.9 Å². The van der Waals surface area contributed by atoms with Gasteiger partial charge in [0.05, 0.1) is 19.1 Å². The van der Waals surface area contributed by atoms with E-state index in [4.69, 9.17) is 11.5 Å². The van der Waals surface area contributed by atoms with Crippen molar-refractivity contribution in [2.75, 3.05) is 24.6 Å². The van der Waals surface area contributed by atoms with E-state index in [-0.39, 0.29) is 36.9 Å². The number of nitrogens with two attached hydrogens (primary N) is 2. The van der Waals surface area contributed by atoms with E-state index in [1.54, 1.807) is 0 Å². The monoisotopic (exact) mass is 934 g/mol. The predicted molar refractivity (Wildman–Crippen MR) is 227 cm³/mol. The van der Waals surface area contributed by atoms with E-state index in [9.17, 15) is 68.1 Å². The second kappa shape index (κ2) is 27.2. The number of nitrogens with one attached hydrogen (secondary N) is 9. The Balaban J connectivity index is 3.75. The molecule has 9 amide bonds. The molecule has 0 radical (unpaired) electrons. The minimum atomic E-state index is -1.86. The fraction of sp³-hybridized carbons (Fsp3) is 0.657. The molecular weight excluding hydrogens is 877 g/mol. The van der Waals surface area contributed by atoms with Gasteiger partial charge in [0.2, 0.25) is 53.2 Å². The van der Waals surface area contributed by atoms with Gasteiger partial charge in [-0.2, -0.15) is 25.3 Å². The lowest BCUT2D eigenvalue weighted by molar-refractivity contribution is -0.142. The first-order chi connectivity index (χ1) is 29.4. The number of aliphatic imine (C=N–C) groups is 1. The molecule has 26 nitrogen and oxygen atoms in total. The van der Waals surface area contributed by atoms with Crippen LogP contribution in [0.5, 0.6) is 0 Å². The van der Waals surface area contributed by atoms with Crippen LogP contribution in [0.1, 0.15) is 59.8 Å². The Labute approximate surface area is 372 Å². The van der Waals surface area contributed by atoms with Gasteiger partial charge in [0.1, 0.15) is 48.3 Å². The number of carbonyl (C=O) groups excluding carboxylic acids is 9. The van der Waals surface area contributed by atoms with Gasteiger partial charge < -0.3 is 74.6 Å². The molecule has 63 heavy (non-hydrogen) atoms. The first kappa shape index (κ1) is 55.1. The van der Waals surface area contributed by atoms with Crippen molar-refractivity contribution in [3.05, 3.63) is 0 Å². The number of carbonyl (C=O) groups is 11. The Morgan fingerprint density at radius 1 is 0.635 bits per heavy atom. The zero-order valence-corrected chi connectivity index (χ0v) is 36.8. The van der Waals surface area contributed by atoms with E-state index in [0.29, 0.717) is 0 Å². The SMILES string of the molecule is CC(C)[C@@H]1NC(=O)[C@H](CCCN=C(N)N)NC(=O)[C@H](CS)NC(=O)[C@H](CS)NC(=O)CNC(=O)[C@H]([C@@H](C)O)NC(=O)[C@H](CCC(=O)O)NC(=O)[C@H](C)NC(=O)[C@H](CC(=O)O)NC1=O. The van der Waals surface area contributed by atoms with Crippen molar-refractivity contribution in [1.29, 1.82) is 0 Å². The third-order valence-electron chi connectivity index (χ3n) is 9.00. The number of nitrogens with zero attached hydrogens (tertiary/aromatic N) is 1. The molecule has 0 aliphatic carbocycles. The molecule has 16 N–H and O–H groups in total. The molecule has 1 heterocycles. The van der Waals surface area contributed by atoms with Crippen LogP contribution in [0.4, 0.5) is 0 Å². The van der Waals surface area contributed by atoms with Crippen molar-refractivity contribution in [2.45, 2.75) is 114 Å². The number of aliphatic hydroxyl groups is 1.